The minimum Gasteiger partial charge on any atom is -0.282 e. The van der Waals surface area contributed by atoms with Crippen LogP contribution in [0.25, 0.3) is 10.8 Å². The van der Waals surface area contributed by atoms with Crippen LogP contribution in [-0.2, 0) is 20.2 Å². The summed E-state index contributed by atoms with van der Waals surface area (Å²) in [6.45, 7) is 3.21. The van der Waals surface area contributed by atoms with Gasteiger partial charge in [-0.2, -0.15) is 16.8 Å². The van der Waals surface area contributed by atoms with Crippen LogP contribution in [0.4, 0.5) is 5.69 Å². The molecule has 0 radical (unpaired) electrons. The highest BCUT2D eigenvalue weighted by Crippen LogP contribution is 2.33. The normalized spacial score (nSPS) is 12.5. The van der Waals surface area contributed by atoms with Gasteiger partial charge in [0.25, 0.3) is 20.2 Å². The molecule has 20 heavy (non-hydrogen) atoms. The topological polar surface area (TPSA) is 121 Å². The highest BCUT2D eigenvalue weighted by Gasteiger charge is 2.20. The van der Waals surface area contributed by atoms with E-state index in [4.69, 9.17) is 4.55 Å². The molecular weight excluding hydrogens is 306 g/mol. The highest BCUT2D eigenvalue weighted by molar-refractivity contribution is 7.86. The van der Waals surface area contributed by atoms with Crippen molar-refractivity contribution in [3.63, 3.8) is 0 Å². The van der Waals surface area contributed by atoms with Crippen molar-refractivity contribution >= 4 is 43.4 Å². The summed E-state index contributed by atoms with van der Waals surface area (Å²) >= 11 is 0. The summed E-state index contributed by atoms with van der Waals surface area (Å²) in [5.74, 6) is 0. The fourth-order valence-corrected chi connectivity index (χ4v) is 3.20. The minimum atomic E-state index is -4.57. The Morgan fingerprint density at radius 3 is 2.10 bits per heavy atom. The van der Waals surface area contributed by atoms with Crippen molar-refractivity contribution in [2.45, 2.75) is 9.79 Å². The highest BCUT2D eigenvalue weighted by atomic mass is 32.2. The van der Waals surface area contributed by atoms with Gasteiger partial charge >= 0.3 is 0 Å². The third kappa shape index (κ3) is 2.56. The first kappa shape index (κ1) is 14.6. The van der Waals surface area contributed by atoms with E-state index >= 15 is 0 Å². The second kappa shape index (κ2) is 4.63. The number of aliphatic imine (C=N–C) groups is 1. The molecule has 7 nitrogen and oxygen atoms in total. The minimum absolute atomic E-state index is 0.0559. The third-order valence-electron chi connectivity index (χ3n) is 2.65. The van der Waals surface area contributed by atoms with Crippen LogP contribution in [0.15, 0.2) is 45.1 Å². The van der Waals surface area contributed by atoms with E-state index in [-0.39, 0.29) is 21.4 Å². The fraction of sp³-hybridized carbons (Fsp3) is 0. The van der Waals surface area contributed by atoms with Gasteiger partial charge in [0.1, 0.15) is 4.90 Å². The van der Waals surface area contributed by atoms with Gasteiger partial charge in [-0.3, -0.25) is 14.1 Å². The van der Waals surface area contributed by atoms with Crippen molar-refractivity contribution in [2.75, 3.05) is 0 Å². The zero-order valence-corrected chi connectivity index (χ0v) is 11.5. The van der Waals surface area contributed by atoms with Gasteiger partial charge in [-0.15, -0.1) is 0 Å². The smallest absolute Gasteiger partial charge is 0.282 e. The van der Waals surface area contributed by atoms with Crippen LogP contribution in [0, 0.1) is 0 Å². The standard InChI is InChI=1S/C11H9NO6S2/c1-12-10-5-2-7-6-8(19(13,14)15)3-4-9(7)11(10)20(16,17)18/h2-6H,1H2,(H,13,14,15)(H,16,17,18). The first-order chi connectivity index (χ1) is 9.14. The molecule has 0 aliphatic carbocycles. The Hall–Kier alpha value is -1.81. The van der Waals surface area contributed by atoms with E-state index < -0.39 is 25.1 Å². The van der Waals surface area contributed by atoms with E-state index in [2.05, 4.69) is 11.7 Å². The summed E-state index contributed by atoms with van der Waals surface area (Å²) in [4.78, 5) is 2.65. The quantitative estimate of drug-likeness (QED) is 0.656. The number of nitrogens with zero attached hydrogens (tertiary/aromatic N) is 1. The Kier molecular flexibility index (Phi) is 3.38. The molecular formula is C11H9NO6S2. The van der Waals surface area contributed by atoms with Gasteiger partial charge in [-0.05, 0) is 30.3 Å². The molecule has 2 N–H and O–H groups in total. The first-order valence-corrected chi connectivity index (χ1v) is 8.01. The van der Waals surface area contributed by atoms with Crippen molar-refractivity contribution in [1.82, 2.24) is 0 Å². The first-order valence-electron chi connectivity index (χ1n) is 5.13. The number of hydrogen-bond acceptors (Lipinski definition) is 5. The van der Waals surface area contributed by atoms with Gasteiger partial charge in [0, 0.05) is 5.39 Å². The van der Waals surface area contributed by atoms with Crippen molar-refractivity contribution in [1.29, 1.82) is 0 Å². The maximum atomic E-state index is 11.4. The predicted molar refractivity (Wildman–Crippen MR) is 72.8 cm³/mol. The summed E-state index contributed by atoms with van der Waals surface area (Å²) < 4.78 is 63.1. The second-order valence-electron chi connectivity index (χ2n) is 3.91. The van der Waals surface area contributed by atoms with Crippen molar-refractivity contribution in [2.24, 2.45) is 4.99 Å². The summed E-state index contributed by atoms with van der Waals surface area (Å²) in [6, 6.07) is 5.95. The van der Waals surface area contributed by atoms with Crippen molar-refractivity contribution in [3.8, 4) is 0 Å². The number of fused-ring (bicyclic) bond motifs is 1. The molecule has 0 fully saturated rings. The molecule has 106 valence electrons. The molecule has 0 saturated heterocycles. The van der Waals surface area contributed by atoms with Crippen LogP contribution in [0.3, 0.4) is 0 Å². The van der Waals surface area contributed by atoms with Gasteiger partial charge in [0.15, 0.2) is 0 Å². The van der Waals surface area contributed by atoms with Crippen LogP contribution in [-0.4, -0.2) is 32.7 Å². The maximum Gasteiger partial charge on any atom is 0.297 e. The monoisotopic (exact) mass is 315 g/mol. The van der Waals surface area contributed by atoms with Gasteiger partial charge < -0.3 is 0 Å². The Balaban J connectivity index is 2.94. The Morgan fingerprint density at radius 1 is 0.950 bits per heavy atom. The van der Waals surface area contributed by atoms with E-state index in [9.17, 15) is 21.4 Å². The second-order valence-corrected chi connectivity index (χ2v) is 6.68. The van der Waals surface area contributed by atoms with Gasteiger partial charge in [0.2, 0.25) is 0 Å². The van der Waals surface area contributed by atoms with E-state index in [1.54, 1.807) is 0 Å². The van der Waals surface area contributed by atoms with E-state index in [0.29, 0.717) is 0 Å². The van der Waals surface area contributed by atoms with Crippen LogP contribution in [0.5, 0.6) is 0 Å². The lowest BCUT2D eigenvalue weighted by Crippen LogP contribution is -2.01. The lowest BCUT2D eigenvalue weighted by Gasteiger charge is -2.08. The third-order valence-corrected chi connectivity index (χ3v) is 4.44. The van der Waals surface area contributed by atoms with Crippen LogP contribution in [0.1, 0.15) is 0 Å². The molecule has 0 aliphatic rings. The largest absolute Gasteiger partial charge is 0.297 e. The number of hydrogen-bond donors (Lipinski definition) is 2. The van der Waals surface area contributed by atoms with Gasteiger partial charge in [0.05, 0.1) is 10.6 Å². The van der Waals surface area contributed by atoms with E-state index in [0.717, 1.165) is 18.2 Å². The van der Waals surface area contributed by atoms with E-state index in [1.165, 1.54) is 12.1 Å². The van der Waals surface area contributed by atoms with Gasteiger partial charge in [-0.25, -0.2) is 0 Å². The Labute approximate surface area is 115 Å². The van der Waals surface area contributed by atoms with Crippen molar-refractivity contribution in [3.05, 3.63) is 30.3 Å². The molecule has 0 spiro atoms. The molecule has 0 aliphatic heterocycles. The molecule has 2 rings (SSSR count). The molecule has 2 aromatic rings. The lowest BCUT2D eigenvalue weighted by molar-refractivity contribution is 0.482. The molecule has 9 heteroatoms. The summed E-state index contributed by atoms with van der Waals surface area (Å²) in [5, 5.41) is 0.282. The average Bonchev–Trinajstić information content (AvgIpc) is 2.34. The van der Waals surface area contributed by atoms with Gasteiger partial charge in [-0.1, -0.05) is 12.1 Å². The molecule has 0 aromatic heterocycles. The predicted octanol–water partition coefficient (Wildman–Crippen LogP) is 1.67. The van der Waals surface area contributed by atoms with Crippen LogP contribution < -0.4 is 0 Å². The van der Waals surface area contributed by atoms with Crippen molar-refractivity contribution < 1.29 is 25.9 Å². The molecule has 0 saturated carbocycles. The molecule has 2 aromatic carbocycles. The summed E-state index contributed by atoms with van der Waals surface area (Å²) in [6.07, 6.45) is 0. The molecule has 0 bridgehead atoms. The Bertz CT molecular complexity index is 915. The maximum absolute atomic E-state index is 11.4. The Morgan fingerprint density at radius 2 is 1.60 bits per heavy atom. The van der Waals surface area contributed by atoms with E-state index in [1.807, 2.05) is 0 Å². The SMILES string of the molecule is C=Nc1ccc2cc(S(=O)(=O)O)ccc2c1S(=O)(=O)O. The molecule has 0 unspecified atom stereocenters. The summed E-state index contributed by atoms with van der Waals surface area (Å²) in [5.41, 5.74) is -0.0559. The lowest BCUT2D eigenvalue weighted by atomic mass is 10.1. The van der Waals surface area contributed by atoms with Crippen LogP contribution in [0.2, 0.25) is 0 Å². The number of rotatable bonds is 3. The molecule has 0 atom stereocenters. The summed E-state index contributed by atoms with van der Waals surface area (Å²) in [7, 11) is -8.97. The molecule has 0 heterocycles. The number of benzene rings is 2. The van der Waals surface area contributed by atoms with Crippen LogP contribution >= 0.6 is 0 Å². The fourth-order valence-electron chi connectivity index (χ4n) is 1.82. The average molecular weight is 315 g/mol. The zero-order chi connectivity index (χ0) is 15.1. The zero-order valence-electron chi connectivity index (χ0n) is 9.88. The molecule has 0 amide bonds.